The van der Waals surface area contributed by atoms with Crippen LogP contribution in [0.3, 0.4) is 0 Å². The molecular formula is C16H14ClN3O5. The Morgan fingerprint density at radius 2 is 1.88 bits per heavy atom. The number of benzene rings is 2. The van der Waals surface area contributed by atoms with Crippen LogP contribution in [0.15, 0.2) is 36.4 Å². The second-order valence-corrected chi connectivity index (χ2v) is 5.38. The molecule has 0 unspecified atom stereocenters. The van der Waals surface area contributed by atoms with E-state index in [0.717, 1.165) is 6.07 Å². The van der Waals surface area contributed by atoms with Crippen LogP contribution in [0.25, 0.3) is 0 Å². The van der Waals surface area contributed by atoms with E-state index < -0.39 is 10.8 Å². The molecule has 2 amide bonds. The molecule has 0 bridgehead atoms. The average Bonchev–Trinajstić information content (AvgIpc) is 2.54. The molecule has 2 N–H and O–H groups in total. The topological polar surface area (TPSA) is 111 Å². The van der Waals surface area contributed by atoms with Gasteiger partial charge in [0.25, 0.3) is 11.6 Å². The number of halogens is 1. The van der Waals surface area contributed by atoms with Crippen molar-refractivity contribution in [2.24, 2.45) is 0 Å². The number of hydrogen-bond donors (Lipinski definition) is 2. The van der Waals surface area contributed by atoms with Gasteiger partial charge in [-0.2, -0.15) is 0 Å². The van der Waals surface area contributed by atoms with Gasteiger partial charge in [-0.05, 0) is 24.3 Å². The van der Waals surface area contributed by atoms with Crippen LogP contribution in [0, 0.1) is 10.1 Å². The minimum Gasteiger partial charge on any atom is -0.495 e. The van der Waals surface area contributed by atoms with E-state index in [4.69, 9.17) is 16.3 Å². The van der Waals surface area contributed by atoms with Crippen molar-refractivity contribution in [2.45, 2.75) is 6.92 Å². The van der Waals surface area contributed by atoms with Crippen LogP contribution in [-0.2, 0) is 4.79 Å². The van der Waals surface area contributed by atoms with Gasteiger partial charge in [-0.3, -0.25) is 19.7 Å². The summed E-state index contributed by atoms with van der Waals surface area (Å²) < 4.78 is 5.17. The summed E-state index contributed by atoms with van der Waals surface area (Å²) in [6.45, 7) is 1.36. The Balaban J connectivity index is 2.30. The van der Waals surface area contributed by atoms with Crippen molar-refractivity contribution in [3.8, 4) is 5.75 Å². The summed E-state index contributed by atoms with van der Waals surface area (Å²) in [6, 6.07) is 8.28. The number of ether oxygens (including phenoxy) is 1. The molecule has 0 fully saturated rings. The van der Waals surface area contributed by atoms with E-state index >= 15 is 0 Å². The van der Waals surface area contributed by atoms with Gasteiger partial charge < -0.3 is 15.4 Å². The number of amides is 2. The first-order valence-corrected chi connectivity index (χ1v) is 7.40. The van der Waals surface area contributed by atoms with Crippen LogP contribution in [0.5, 0.6) is 5.75 Å². The van der Waals surface area contributed by atoms with Crippen LogP contribution in [0.1, 0.15) is 17.3 Å². The van der Waals surface area contributed by atoms with E-state index in [-0.39, 0.29) is 22.2 Å². The fourth-order valence-electron chi connectivity index (χ4n) is 2.08. The van der Waals surface area contributed by atoms with Crippen molar-refractivity contribution in [3.05, 3.63) is 57.1 Å². The number of carbonyl (C=O) groups is 2. The van der Waals surface area contributed by atoms with Crippen molar-refractivity contribution in [2.75, 3.05) is 17.7 Å². The quantitative estimate of drug-likeness (QED) is 0.624. The third kappa shape index (κ3) is 4.45. The van der Waals surface area contributed by atoms with Crippen LogP contribution in [-0.4, -0.2) is 23.8 Å². The second-order valence-electron chi connectivity index (χ2n) is 4.97. The van der Waals surface area contributed by atoms with Gasteiger partial charge in [0.15, 0.2) is 0 Å². The van der Waals surface area contributed by atoms with Crippen LogP contribution in [0.2, 0.25) is 5.02 Å². The number of nitro groups is 1. The number of nitrogens with one attached hydrogen (secondary N) is 2. The monoisotopic (exact) mass is 363 g/mol. The molecule has 8 nitrogen and oxygen atoms in total. The maximum absolute atomic E-state index is 12.4. The standard InChI is InChI=1S/C16H14ClN3O5/c1-9(21)18-10-3-6-15(25-2)14(7-10)19-16(22)12-5-4-11(20(23)24)8-13(12)17/h3-8H,1-2H3,(H,18,21)(H,19,22). The molecule has 25 heavy (non-hydrogen) atoms. The number of methoxy groups -OCH3 is 1. The zero-order valence-corrected chi connectivity index (χ0v) is 14.1. The molecule has 130 valence electrons. The Morgan fingerprint density at radius 1 is 1.16 bits per heavy atom. The molecule has 0 aliphatic carbocycles. The van der Waals surface area contributed by atoms with Gasteiger partial charge in [-0.15, -0.1) is 0 Å². The fourth-order valence-corrected chi connectivity index (χ4v) is 2.34. The summed E-state index contributed by atoms with van der Waals surface area (Å²) in [5, 5.41) is 15.9. The number of nitrogens with zero attached hydrogens (tertiary/aromatic N) is 1. The minimum atomic E-state index is -0.604. The summed E-state index contributed by atoms with van der Waals surface area (Å²) in [5.41, 5.74) is 0.637. The van der Waals surface area contributed by atoms with E-state index in [1.54, 1.807) is 12.1 Å². The number of nitro benzene ring substituents is 1. The molecule has 0 saturated heterocycles. The lowest BCUT2D eigenvalue weighted by Gasteiger charge is -2.13. The molecular weight excluding hydrogens is 350 g/mol. The summed E-state index contributed by atoms with van der Waals surface area (Å²) in [6.07, 6.45) is 0. The molecule has 0 aliphatic heterocycles. The smallest absolute Gasteiger partial charge is 0.270 e. The Morgan fingerprint density at radius 3 is 2.44 bits per heavy atom. The highest BCUT2D eigenvalue weighted by molar-refractivity contribution is 6.34. The number of carbonyl (C=O) groups excluding carboxylic acids is 2. The normalized spacial score (nSPS) is 10.0. The van der Waals surface area contributed by atoms with E-state index in [0.29, 0.717) is 17.1 Å². The van der Waals surface area contributed by atoms with Crippen molar-refractivity contribution < 1.29 is 19.2 Å². The Labute approximate surface area is 147 Å². The van der Waals surface area contributed by atoms with E-state index in [9.17, 15) is 19.7 Å². The lowest BCUT2D eigenvalue weighted by Crippen LogP contribution is -2.14. The summed E-state index contributed by atoms with van der Waals surface area (Å²) >= 11 is 5.95. The van der Waals surface area contributed by atoms with Crippen LogP contribution in [0.4, 0.5) is 17.1 Å². The highest BCUT2D eigenvalue weighted by Gasteiger charge is 2.17. The lowest BCUT2D eigenvalue weighted by molar-refractivity contribution is -0.384. The minimum absolute atomic E-state index is 0.0521. The van der Waals surface area contributed by atoms with Crippen molar-refractivity contribution >= 4 is 40.5 Å². The number of non-ortho nitro benzene ring substituents is 1. The Hall–Kier alpha value is -3.13. The molecule has 2 aromatic rings. The Bertz CT molecular complexity index is 854. The first kappa shape index (κ1) is 18.2. The number of hydrogen-bond acceptors (Lipinski definition) is 5. The van der Waals surface area contributed by atoms with Gasteiger partial charge in [-0.1, -0.05) is 11.6 Å². The van der Waals surface area contributed by atoms with Gasteiger partial charge in [0.1, 0.15) is 5.75 Å². The maximum atomic E-state index is 12.4. The molecule has 0 heterocycles. The predicted molar refractivity (Wildman–Crippen MR) is 93.4 cm³/mol. The van der Waals surface area contributed by atoms with Gasteiger partial charge >= 0.3 is 0 Å². The van der Waals surface area contributed by atoms with Gasteiger partial charge in [0.05, 0.1) is 28.3 Å². The van der Waals surface area contributed by atoms with Crippen LogP contribution >= 0.6 is 11.6 Å². The van der Waals surface area contributed by atoms with E-state index in [1.807, 2.05) is 0 Å². The third-order valence-electron chi connectivity index (χ3n) is 3.18. The fraction of sp³-hybridized carbons (Fsp3) is 0.125. The highest BCUT2D eigenvalue weighted by atomic mass is 35.5. The largest absolute Gasteiger partial charge is 0.495 e. The zero-order chi connectivity index (χ0) is 18.6. The molecule has 0 radical (unpaired) electrons. The highest BCUT2D eigenvalue weighted by Crippen LogP contribution is 2.29. The Kier molecular flexibility index (Phi) is 5.56. The van der Waals surface area contributed by atoms with Crippen LogP contribution < -0.4 is 15.4 Å². The molecule has 0 atom stereocenters. The number of anilines is 2. The second kappa shape index (κ2) is 7.63. The maximum Gasteiger partial charge on any atom is 0.270 e. The SMILES string of the molecule is COc1ccc(NC(C)=O)cc1NC(=O)c1ccc([N+](=O)[O-])cc1Cl. The number of rotatable bonds is 5. The average molecular weight is 364 g/mol. The first-order valence-electron chi connectivity index (χ1n) is 7.02. The van der Waals surface area contributed by atoms with E-state index in [1.165, 1.54) is 32.2 Å². The summed E-state index contributed by atoms with van der Waals surface area (Å²) in [5.74, 6) is -0.459. The molecule has 0 spiro atoms. The van der Waals surface area contributed by atoms with Gasteiger partial charge in [0, 0.05) is 24.7 Å². The summed E-state index contributed by atoms with van der Waals surface area (Å²) in [7, 11) is 1.43. The predicted octanol–water partition coefficient (Wildman–Crippen LogP) is 3.47. The first-order chi connectivity index (χ1) is 11.8. The van der Waals surface area contributed by atoms with E-state index in [2.05, 4.69) is 10.6 Å². The van der Waals surface area contributed by atoms with Crippen molar-refractivity contribution in [1.82, 2.24) is 0 Å². The van der Waals surface area contributed by atoms with Gasteiger partial charge in [0.2, 0.25) is 5.91 Å². The molecule has 9 heteroatoms. The van der Waals surface area contributed by atoms with Gasteiger partial charge in [-0.25, -0.2) is 0 Å². The third-order valence-corrected chi connectivity index (χ3v) is 3.49. The summed E-state index contributed by atoms with van der Waals surface area (Å²) in [4.78, 5) is 33.7. The molecule has 0 aromatic heterocycles. The van der Waals surface area contributed by atoms with Crippen molar-refractivity contribution in [1.29, 1.82) is 0 Å². The molecule has 0 aliphatic rings. The zero-order valence-electron chi connectivity index (χ0n) is 13.3. The molecule has 0 saturated carbocycles. The lowest BCUT2D eigenvalue weighted by atomic mass is 10.1. The molecule has 2 rings (SSSR count). The molecule has 2 aromatic carbocycles. The van der Waals surface area contributed by atoms with Crippen molar-refractivity contribution in [3.63, 3.8) is 0 Å².